The molecule has 40 heavy (non-hydrogen) atoms. The number of pyridine rings is 1. The van der Waals surface area contributed by atoms with Crippen molar-refractivity contribution >= 4 is 44.7 Å². The fourth-order valence-corrected chi connectivity index (χ4v) is 5.41. The molecule has 0 aliphatic carbocycles. The van der Waals surface area contributed by atoms with Crippen LogP contribution in [0.25, 0.3) is 33.0 Å². The van der Waals surface area contributed by atoms with Gasteiger partial charge in [-0.3, -0.25) is 14.2 Å². The van der Waals surface area contributed by atoms with Crippen LogP contribution in [0.4, 0.5) is 5.82 Å². The fraction of sp³-hybridized carbons (Fsp3) is 0.321. The quantitative estimate of drug-likeness (QED) is 0.166. The van der Waals surface area contributed by atoms with E-state index in [1.54, 1.807) is 16.7 Å². The number of nitrogens with zero attached hydrogens (tertiary/aromatic N) is 5. The molecule has 1 saturated heterocycles. The summed E-state index contributed by atoms with van der Waals surface area (Å²) in [4.78, 5) is 39.0. The molecular weight excluding hydrogens is 514 g/mol. The fourth-order valence-electron chi connectivity index (χ4n) is 5.41. The molecule has 1 aliphatic heterocycles. The number of anilines is 1. The number of fused-ring (bicyclic) bond motifs is 3. The van der Waals surface area contributed by atoms with E-state index in [0.29, 0.717) is 58.2 Å². The molecule has 0 unspecified atom stereocenters. The Morgan fingerprint density at radius 2 is 1.80 bits per heavy atom. The third-order valence-corrected chi connectivity index (χ3v) is 7.33. The number of aromatic nitrogens is 5. The molecule has 12 heteroatoms. The van der Waals surface area contributed by atoms with Crippen LogP contribution in [-0.2, 0) is 22.5 Å². The number of nitrogens with two attached hydrogens (primary N) is 1. The van der Waals surface area contributed by atoms with Gasteiger partial charge in [-0.1, -0.05) is 24.3 Å². The Hall–Kier alpha value is -4.39. The lowest BCUT2D eigenvalue weighted by molar-refractivity contribution is -0.121. The zero-order chi connectivity index (χ0) is 27.8. The van der Waals surface area contributed by atoms with Crippen molar-refractivity contribution in [1.82, 2.24) is 29.4 Å². The second kappa shape index (κ2) is 10.6. The third kappa shape index (κ3) is 4.55. The zero-order valence-electron chi connectivity index (χ0n) is 21.6. The lowest BCUT2D eigenvalue weighted by Crippen LogP contribution is -2.29. The van der Waals surface area contributed by atoms with Crippen molar-refractivity contribution in [2.75, 3.05) is 18.9 Å². The van der Waals surface area contributed by atoms with Gasteiger partial charge >= 0.3 is 0 Å². The largest absolute Gasteiger partial charge is 0.394 e. The number of ether oxygens (including phenoxy) is 1. The number of aliphatic hydroxyl groups excluding tert-OH is 2. The molecular formula is C28H29N7O5. The van der Waals surface area contributed by atoms with Crippen molar-refractivity contribution in [3.05, 3.63) is 70.9 Å². The molecule has 3 aromatic heterocycles. The SMILES string of the molecule is Nc1ncnc2c1nc(CCCNC(=O)Cn1c3ccccc3c(=O)c3ccccc31)n2[C@H]1C[C@H](O)[C@@H](CO)O1. The Morgan fingerprint density at radius 3 is 2.48 bits per heavy atom. The van der Waals surface area contributed by atoms with Crippen LogP contribution in [0.15, 0.2) is 59.7 Å². The summed E-state index contributed by atoms with van der Waals surface area (Å²) < 4.78 is 9.52. The average molecular weight is 544 g/mol. The van der Waals surface area contributed by atoms with Crippen LogP contribution < -0.4 is 16.5 Å². The number of nitrogens with one attached hydrogen (secondary N) is 1. The summed E-state index contributed by atoms with van der Waals surface area (Å²) in [6.07, 6.45) is 0.559. The summed E-state index contributed by atoms with van der Waals surface area (Å²) in [6, 6.07) is 14.6. The highest BCUT2D eigenvalue weighted by molar-refractivity contribution is 5.94. The minimum absolute atomic E-state index is 0.0554. The van der Waals surface area contributed by atoms with E-state index in [0.717, 1.165) is 0 Å². The van der Waals surface area contributed by atoms with E-state index in [4.69, 9.17) is 10.5 Å². The first-order valence-electron chi connectivity index (χ1n) is 13.1. The van der Waals surface area contributed by atoms with Crippen molar-refractivity contribution in [2.45, 2.75) is 44.2 Å². The van der Waals surface area contributed by atoms with E-state index in [2.05, 4.69) is 20.3 Å². The lowest BCUT2D eigenvalue weighted by atomic mass is 10.1. The summed E-state index contributed by atoms with van der Waals surface area (Å²) in [6.45, 7) is 0.137. The number of aryl methyl sites for hydroxylation is 1. The first-order valence-corrected chi connectivity index (χ1v) is 13.1. The first-order chi connectivity index (χ1) is 19.5. The summed E-state index contributed by atoms with van der Waals surface area (Å²) in [5.74, 6) is 0.677. The summed E-state index contributed by atoms with van der Waals surface area (Å²) in [7, 11) is 0. The molecule has 12 nitrogen and oxygen atoms in total. The van der Waals surface area contributed by atoms with E-state index in [1.165, 1.54) is 6.33 Å². The Bertz CT molecular complexity index is 1720. The van der Waals surface area contributed by atoms with Crippen LogP contribution in [0.2, 0.25) is 0 Å². The van der Waals surface area contributed by atoms with Gasteiger partial charge in [-0.05, 0) is 30.7 Å². The minimum Gasteiger partial charge on any atom is -0.394 e. The number of rotatable bonds is 8. The smallest absolute Gasteiger partial charge is 0.239 e. The lowest BCUT2D eigenvalue weighted by Gasteiger charge is -2.17. The van der Waals surface area contributed by atoms with Crippen molar-refractivity contribution < 1.29 is 19.7 Å². The van der Waals surface area contributed by atoms with Crippen LogP contribution >= 0.6 is 0 Å². The minimum atomic E-state index is -0.820. The van der Waals surface area contributed by atoms with Gasteiger partial charge in [0.15, 0.2) is 22.4 Å². The number of hydrogen-bond acceptors (Lipinski definition) is 9. The van der Waals surface area contributed by atoms with Crippen molar-refractivity contribution in [2.24, 2.45) is 0 Å². The molecule has 5 aromatic rings. The van der Waals surface area contributed by atoms with Gasteiger partial charge < -0.3 is 30.6 Å². The van der Waals surface area contributed by atoms with E-state index in [1.807, 2.05) is 41.0 Å². The Morgan fingerprint density at radius 1 is 1.10 bits per heavy atom. The molecule has 5 N–H and O–H groups in total. The van der Waals surface area contributed by atoms with Crippen LogP contribution in [0.5, 0.6) is 0 Å². The number of benzene rings is 2. The highest BCUT2D eigenvalue weighted by atomic mass is 16.5. The van der Waals surface area contributed by atoms with Crippen LogP contribution in [0.1, 0.15) is 24.9 Å². The molecule has 0 spiro atoms. The summed E-state index contributed by atoms with van der Waals surface area (Å²) in [5.41, 5.74) is 8.31. The van der Waals surface area contributed by atoms with Gasteiger partial charge in [0.25, 0.3) is 0 Å². The number of nitrogen functional groups attached to an aromatic ring is 1. The summed E-state index contributed by atoms with van der Waals surface area (Å²) in [5, 5.41) is 23.9. The van der Waals surface area contributed by atoms with Crippen molar-refractivity contribution in [1.29, 1.82) is 0 Å². The molecule has 2 aromatic carbocycles. The molecule has 1 aliphatic rings. The number of para-hydroxylation sites is 2. The van der Waals surface area contributed by atoms with Crippen LogP contribution in [-0.4, -0.2) is 65.6 Å². The number of imidazole rings is 1. The number of aliphatic hydroxyl groups is 2. The maximum Gasteiger partial charge on any atom is 0.239 e. The van der Waals surface area contributed by atoms with Gasteiger partial charge in [0.1, 0.15) is 31.0 Å². The Labute approximate surface area is 228 Å². The molecule has 1 amide bonds. The average Bonchev–Trinajstić information content (AvgIpc) is 3.53. The van der Waals surface area contributed by atoms with E-state index >= 15 is 0 Å². The maximum absolute atomic E-state index is 13.0. The Kier molecular flexibility index (Phi) is 6.88. The van der Waals surface area contributed by atoms with Gasteiger partial charge in [0, 0.05) is 30.2 Å². The maximum atomic E-state index is 13.0. The van der Waals surface area contributed by atoms with E-state index in [-0.39, 0.29) is 36.7 Å². The molecule has 0 bridgehead atoms. The van der Waals surface area contributed by atoms with Crippen molar-refractivity contribution in [3.63, 3.8) is 0 Å². The van der Waals surface area contributed by atoms with Gasteiger partial charge in [-0.15, -0.1) is 0 Å². The molecule has 1 fully saturated rings. The number of amides is 1. The van der Waals surface area contributed by atoms with Crippen LogP contribution in [0, 0.1) is 0 Å². The zero-order valence-corrected chi connectivity index (χ0v) is 21.6. The van der Waals surface area contributed by atoms with E-state index in [9.17, 15) is 19.8 Å². The first kappa shape index (κ1) is 25.9. The highest BCUT2D eigenvalue weighted by Crippen LogP contribution is 2.33. The topological polar surface area (TPSA) is 170 Å². The number of carbonyl (C=O) groups is 1. The number of carbonyl (C=O) groups excluding carboxylic acids is 1. The second-order valence-electron chi connectivity index (χ2n) is 9.85. The van der Waals surface area contributed by atoms with Gasteiger partial charge in [0.05, 0.1) is 23.7 Å². The Balaban J connectivity index is 1.18. The molecule has 206 valence electrons. The predicted molar refractivity (Wildman–Crippen MR) is 148 cm³/mol. The standard InChI is InChI=1S/C28H29N7O5/c29-27-25-28(32-15-31-27)35(24-12-20(37)21(14-36)40-24)22(33-25)10-5-11-30-23(38)13-34-18-8-3-1-6-16(18)26(39)17-7-2-4-9-19(17)34/h1-4,6-9,15,20-21,24,36-37H,5,10-14H2,(H,30,38)(H2,29,31,32)/t20-,21+,24+/m0/s1. The third-order valence-electron chi connectivity index (χ3n) is 7.33. The van der Waals surface area contributed by atoms with Gasteiger partial charge in [-0.25, -0.2) is 15.0 Å². The van der Waals surface area contributed by atoms with Gasteiger partial charge in [0.2, 0.25) is 5.91 Å². The molecule has 6 rings (SSSR count). The summed E-state index contributed by atoms with van der Waals surface area (Å²) >= 11 is 0. The monoisotopic (exact) mass is 543 g/mol. The molecule has 4 heterocycles. The molecule has 0 radical (unpaired) electrons. The van der Waals surface area contributed by atoms with Crippen molar-refractivity contribution in [3.8, 4) is 0 Å². The molecule has 3 atom stereocenters. The number of hydrogen-bond donors (Lipinski definition) is 4. The highest BCUT2D eigenvalue weighted by Gasteiger charge is 2.36. The van der Waals surface area contributed by atoms with E-state index < -0.39 is 18.4 Å². The normalized spacial score (nSPS) is 19.1. The van der Waals surface area contributed by atoms with Crippen LogP contribution in [0.3, 0.4) is 0 Å². The molecule has 0 saturated carbocycles. The van der Waals surface area contributed by atoms with Gasteiger partial charge in [-0.2, -0.15) is 0 Å². The predicted octanol–water partition coefficient (Wildman–Crippen LogP) is 1.27. The second-order valence-corrected chi connectivity index (χ2v) is 9.85.